The van der Waals surface area contributed by atoms with Gasteiger partial charge in [-0.3, -0.25) is 14.6 Å². The van der Waals surface area contributed by atoms with Gasteiger partial charge in [-0.25, -0.2) is 0 Å². The lowest BCUT2D eigenvalue weighted by Gasteiger charge is -2.18. The van der Waals surface area contributed by atoms with E-state index in [0.717, 1.165) is 17.0 Å². The molecule has 6 nitrogen and oxygen atoms in total. The van der Waals surface area contributed by atoms with Gasteiger partial charge in [0.15, 0.2) is 0 Å². The standard InChI is InChI=1S/C25H25N3O3/c1-31-21-12-10-18(11-13-21)22-16-28(25(30)19-7-3-2-4-8-19)17-23(22)24(29)27-15-20-9-5-6-14-26-20/h2-14,22-23H,15-17H2,1H3,(H,27,29). The molecule has 1 N–H and O–H groups in total. The van der Waals surface area contributed by atoms with Gasteiger partial charge in [-0.15, -0.1) is 0 Å². The van der Waals surface area contributed by atoms with E-state index in [0.29, 0.717) is 25.2 Å². The summed E-state index contributed by atoms with van der Waals surface area (Å²) in [6.07, 6.45) is 1.71. The summed E-state index contributed by atoms with van der Waals surface area (Å²) in [5.41, 5.74) is 2.44. The second-order valence-electron chi connectivity index (χ2n) is 7.60. The molecule has 0 bridgehead atoms. The number of amides is 2. The van der Waals surface area contributed by atoms with Crippen molar-refractivity contribution in [1.29, 1.82) is 0 Å². The smallest absolute Gasteiger partial charge is 0.253 e. The Morgan fingerprint density at radius 1 is 1.00 bits per heavy atom. The van der Waals surface area contributed by atoms with Crippen LogP contribution in [0.25, 0.3) is 0 Å². The quantitative estimate of drug-likeness (QED) is 0.671. The van der Waals surface area contributed by atoms with Gasteiger partial charge < -0.3 is 15.0 Å². The Labute approximate surface area is 181 Å². The Morgan fingerprint density at radius 3 is 2.42 bits per heavy atom. The number of benzene rings is 2. The number of hydrogen-bond acceptors (Lipinski definition) is 4. The number of carbonyl (C=O) groups is 2. The van der Waals surface area contributed by atoms with Crippen molar-refractivity contribution < 1.29 is 14.3 Å². The van der Waals surface area contributed by atoms with E-state index in [1.807, 2.05) is 60.7 Å². The molecular weight excluding hydrogens is 390 g/mol. The van der Waals surface area contributed by atoms with Gasteiger partial charge in [-0.1, -0.05) is 36.4 Å². The van der Waals surface area contributed by atoms with Gasteiger partial charge >= 0.3 is 0 Å². The van der Waals surface area contributed by atoms with E-state index in [9.17, 15) is 9.59 Å². The molecule has 0 saturated carbocycles. The average Bonchev–Trinajstić information content (AvgIpc) is 3.29. The zero-order valence-electron chi connectivity index (χ0n) is 17.4. The number of pyridine rings is 1. The molecule has 1 saturated heterocycles. The third kappa shape index (κ3) is 4.74. The molecule has 2 atom stereocenters. The van der Waals surface area contributed by atoms with Gasteiger partial charge in [0.1, 0.15) is 5.75 Å². The number of aromatic nitrogens is 1. The number of nitrogens with zero attached hydrogens (tertiary/aromatic N) is 2. The number of carbonyl (C=O) groups excluding carboxylic acids is 2. The number of hydrogen-bond donors (Lipinski definition) is 1. The van der Waals surface area contributed by atoms with E-state index in [4.69, 9.17) is 4.74 Å². The number of likely N-dealkylation sites (tertiary alicyclic amines) is 1. The molecule has 6 heteroatoms. The van der Waals surface area contributed by atoms with Crippen LogP contribution >= 0.6 is 0 Å². The van der Waals surface area contributed by atoms with E-state index < -0.39 is 0 Å². The first kappa shape index (κ1) is 20.6. The van der Waals surface area contributed by atoms with Crippen molar-refractivity contribution in [2.45, 2.75) is 12.5 Å². The second-order valence-corrected chi connectivity index (χ2v) is 7.60. The predicted molar refractivity (Wildman–Crippen MR) is 118 cm³/mol. The van der Waals surface area contributed by atoms with Crippen LogP contribution < -0.4 is 10.1 Å². The second kappa shape index (κ2) is 9.43. The van der Waals surface area contributed by atoms with E-state index in [-0.39, 0.29) is 23.7 Å². The summed E-state index contributed by atoms with van der Waals surface area (Å²) in [6, 6.07) is 22.5. The predicted octanol–water partition coefficient (Wildman–Crippen LogP) is 3.26. The molecule has 31 heavy (non-hydrogen) atoms. The maximum atomic E-state index is 13.1. The zero-order valence-corrected chi connectivity index (χ0v) is 17.4. The molecule has 0 aliphatic carbocycles. The Morgan fingerprint density at radius 2 is 1.74 bits per heavy atom. The number of methoxy groups -OCH3 is 1. The van der Waals surface area contributed by atoms with Gasteiger partial charge in [-0.2, -0.15) is 0 Å². The summed E-state index contributed by atoms with van der Waals surface area (Å²) in [5, 5.41) is 3.00. The lowest BCUT2D eigenvalue weighted by atomic mass is 9.88. The molecule has 2 heterocycles. The average molecular weight is 415 g/mol. The molecule has 2 amide bonds. The highest BCUT2D eigenvalue weighted by Gasteiger charge is 2.40. The van der Waals surface area contributed by atoms with Crippen molar-refractivity contribution in [1.82, 2.24) is 15.2 Å². The van der Waals surface area contributed by atoms with Crippen LogP contribution in [-0.4, -0.2) is 41.9 Å². The van der Waals surface area contributed by atoms with Gasteiger partial charge in [0.05, 0.1) is 25.3 Å². The van der Waals surface area contributed by atoms with Crippen molar-refractivity contribution in [2.24, 2.45) is 5.92 Å². The van der Waals surface area contributed by atoms with E-state index in [2.05, 4.69) is 10.3 Å². The molecular formula is C25H25N3O3. The van der Waals surface area contributed by atoms with Crippen LogP contribution in [0.2, 0.25) is 0 Å². The van der Waals surface area contributed by atoms with Crippen LogP contribution in [0.1, 0.15) is 27.5 Å². The molecule has 158 valence electrons. The molecule has 2 unspecified atom stereocenters. The summed E-state index contributed by atoms with van der Waals surface area (Å²) in [6.45, 7) is 1.22. The fourth-order valence-corrected chi connectivity index (χ4v) is 4.00. The lowest BCUT2D eigenvalue weighted by Crippen LogP contribution is -2.35. The normalized spacial score (nSPS) is 17.9. The summed E-state index contributed by atoms with van der Waals surface area (Å²) >= 11 is 0. The van der Waals surface area contributed by atoms with Crippen LogP contribution in [0.4, 0.5) is 0 Å². The summed E-state index contributed by atoms with van der Waals surface area (Å²) in [5.74, 6) is 0.191. The van der Waals surface area contributed by atoms with Crippen LogP contribution in [0, 0.1) is 5.92 Å². The molecule has 4 rings (SSSR count). The number of nitrogens with one attached hydrogen (secondary N) is 1. The van der Waals surface area contributed by atoms with Crippen LogP contribution in [-0.2, 0) is 11.3 Å². The minimum Gasteiger partial charge on any atom is -0.497 e. The first-order valence-electron chi connectivity index (χ1n) is 10.3. The third-order valence-corrected chi connectivity index (χ3v) is 5.68. The number of rotatable bonds is 6. The van der Waals surface area contributed by atoms with Crippen LogP contribution in [0.3, 0.4) is 0 Å². The largest absolute Gasteiger partial charge is 0.497 e. The molecule has 1 fully saturated rings. The van der Waals surface area contributed by atoms with Gasteiger partial charge in [-0.05, 0) is 42.0 Å². The summed E-state index contributed by atoms with van der Waals surface area (Å²) in [4.78, 5) is 32.2. The molecule has 1 aliphatic rings. The molecule has 3 aromatic rings. The van der Waals surface area contributed by atoms with Gasteiger partial charge in [0.25, 0.3) is 5.91 Å². The Kier molecular flexibility index (Phi) is 6.26. The van der Waals surface area contributed by atoms with Crippen molar-refractivity contribution in [2.75, 3.05) is 20.2 Å². The summed E-state index contributed by atoms with van der Waals surface area (Å²) < 4.78 is 5.26. The lowest BCUT2D eigenvalue weighted by molar-refractivity contribution is -0.125. The van der Waals surface area contributed by atoms with Gasteiger partial charge in [0, 0.05) is 30.8 Å². The van der Waals surface area contributed by atoms with Crippen molar-refractivity contribution in [3.05, 3.63) is 95.8 Å². The topological polar surface area (TPSA) is 71.5 Å². The molecule has 0 radical (unpaired) electrons. The highest BCUT2D eigenvalue weighted by Crippen LogP contribution is 2.34. The molecule has 2 aromatic carbocycles. The van der Waals surface area contributed by atoms with E-state index >= 15 is 0 Å². The van der Waals surface area contributed by atoms with Crippen molar-refractivity contribution in [3.63, 3.8) is 0 Å². The third-order valence-electron chi connectivity index (χ3n) is 5.68. The van der Waals surface area contributed by atoms with Crippen LogP contribution in [0.5, 0.6) is 5.75 Å². The Hall–Kier alpha value is -3.67. The molecule has 1 aromatic heterocycles. The fraction of sp³-hybridized carbons (Fsp3) is 0.240. The SMILES string of the molecule is COc1ccc(C2CN(C(=O)c3ccccc3)CC2C(=O)NCc2ccccn2)cc1. The van der Waals surface area contributed by atoms with Crippen molar-refractivity contribution in [3.8, 4) is 5.75 Å². The Balaban J connectivity index is 1.54. The Bertz CT molecular complexity index is 1020. The summed E-state index contributed by atoms with van der Waals surface area (Å²) in [7, 11) is 1.62. The maximum Gasteiger partial charge on any atom is 0.253 e. The highest BCUT2D eigenvalue weighted by atomic mass is 16.5. The van der Waals surface area contributed by atoms with Crippen molar-refractivity contribution >= 4 is 11.8 Å². The first-order chi connectivity index (χ1) is 15.2. The maximum absolute atomic E-state index is 13.1. The monoisotopic (exact) mass is 415 g/mol. The molecule has 0 spiro atoms. The van der Waals surface area contributed by atoms with Gasteiger partial charge in [0.2, 0.25) is 5.91 Å². The minimum atomic E-state index is -0.343. The number of ether oxygens (including phenoxy) is 1. The minimum absolute atomic E-state index is 0.0564. The van der Waals surface area contributed by atoms with E-state index in [1.165, 1.54) is 0 Å². The van der Waals surface area contributed by atoms with Crippen LogP contribution in [0.15, 0.2) is 79.0 Å². The highest BCUT2D eigenvalue weighted by molar-refractivity contribution is 5.95. The first-order valence-corrected chi connectivity index (χ1v) is 10.3. The molecule has 1 aliphatic heterocycles. The zero-order chi connectivity index (χ0) is 21.6. The fourth-order valence-electron chi connectivity index (χ4n) is 4.00. The van der Waals surface area contributed by atoms with E-state index in [1.54, 1.807) is 30.3 Å².